The van der Waals surface area contributed by atoms with Gasteiger partial charge < -0.3 is 15.2 Å². The molecule has 0 bridgehead atoms. The van der Waals surface area contributed by atoms with Crippen LogP contribution in [0.5, 0.6) is 11.5 Å². The average Bonchev–Trinajstić information content (AvgIpc) is 2.73. The maximum Gasteiger partial charge on any atom is 0.573 e. The minimum absolute atomic E-state index is 0.0615. The van der Waals surface area contributed by atoms with Crippen molar-refractivity contribution in [3.63, 3.8) is 0 Å². The molecule has 3 aromatic carbocycles. The van der Waals surface area contributed by atoms with Crippen molar-refractivity contribution in [2.24, 2.45) is 0 Å². The second-order valence-electron chi connectivity index (χ2n) is 8.76. The van der Waals surface area contributed by atoms with E-state index in [0.29, 0.717) is 16.7 Å². The minimum Gasteiger partial charge on any atom is -0.507 e. The number of phenolic OH excluding ortho intramolecular Hbond substituents is 1. The Balaban J connectivity index is 2.15. The number of ether oxygens (including phenoxy) is 1. The molecule has 0 heterocycles. The van der Waals surface area contributed by atoms with Crippen molar-refractivity contribution in [2.75, 3.05) is 5.32 Å². The van der Waals surface area contributed by atoms with Gasteiger partial charge in [0.15, 0.2) is 5.75 Å². The lowest BCUT2D eigenvalue weighted by Gasteiger charge is -2.25. The van der Waals surface area contributed by atoms with Crippen LogP contribution in [0.15, 0.2) is 54.6 Å². The molecule has 0 spiro atoms. The standard InChI is InChI=1S/C26H23F3N2O3/c1-15-18(17-8-6-5-7-9-17)13-19(25(2,3)4)23(32)22(15)24(33)31-20-11-10-16(14-30)12-21(20)34-26(27,28)29/h5-13,32H,1-4H3,(H,31,33). The highest BCUT2D eigenvalue weighted by atomic mass is 19.4. The molecule has 34 heavy (non-hydrogen) atoms. The van der Waals surface area contributed by atoms with E-state index in [1.54, 1.807) is 13.0 Å². The zero-order chi connectivity index (χ0) is 25.3. The number of benzene rings is 3. The lowest BCUT2D eigenvalue weighted by atomic mass is 9.81. The maximum absolute atomic E-state index is 13.3. The van der Waals surface area contributed by atoms with Gasteiger partial charge in [0, 0.05) is 11.6 Å². The Hall–Kier alpha value is -3.99. The van der Waals surface area contributed by atoms with Gasteiger partial charge in [0.2, 0.25) is 0 Å². The van der Waals surface area contributed by atoms with Crippen molar-refractivity contribution in [3.8, 4) is 28.7 Å². The number of amides is 1. The van der Waals surface area contributed by atoms with Crippen molar-refractivity contribution in [2.45, 2.75) is 39.5 Å². The van der Waals surface area contributed by atoms with Crippen LogP contribution in [0.4, 0.5) is 18.9 Å². The first-order valence-corrected chi connectivity index (χ1v) is 10.4. The number of hydrogen-bond donors (Lipinski definition) is 2. The third-order valence-electron chi connectivity index (χ3n) is 5.26. The number of carbonyl (C=O) groups excluding carboxylic acids is 1. The normalized spacial score (nSPS) is 11.6. The van der Waals surface area contributed by atoms with Crippen molar-refractivity contribution in [1.82, 2.24) is 0 Å². The van der Waals surface area contributed by atoms with Crippen LogP contribution in [0.2, 0.25) is 0 Å². The van der Waals surface area contributed by atoms with Crippen LogP contribution < -0.4 is 10.1 Å². The van der Waals surface area contributed by atoms with Gasteiger partial charge in [-0.05, 0) is 47.2 Å². The summed E-state index contributed by atoms with van der Waals surface area (Å²) >= 11 is 0. The lowest BCUT2D eigenvalue weighted by molar-refractivity contribution is -0.274. The average molecular weight is 468 g/mol. The Morgan fingerprint density at radius 2 is 1.71 bits per heavy atom. The summed E-state index contributed by atoms with van der Waals surface area (Å²) in [5.74, 6) is -1.79. The summed E-state index contributed by atoms with van der Waals surface area (Å²) in [6.45, 7) is 7.30. The molecule has 8 heteroatoms. The van der Waals surface area contributed by atoms with Crippen LogP contribution in [0.1, 0.15) is 47.8 Å². The zero-order valence-corrected chi connectivity index (χ0v) is 19.0. The summed E-state index contributed by atoms with van der Waals surface area (Å²) in [5, 5.41) is 22.5. The number of nitriles is 1. The first kappa shape index (κ1) is 24.6. The highest BCUT2D eigenvalue weighted by Gasteiger charge is 2.33. The molecule has 3 rings (SSSR count). The molecule has 0 aliphatic carbocycles. The summed E-state index contributed by atoms with van der Waals surface area (Å²) in [6, 6.07) is 16.1. The molecule has 2 N–H and O–H groups in total. The highest BCUT2D eigenvalue weighted by molar-refractivity contribution is 6.09. The molecule has 0 unspecified atom stereocenters. The van der Waals surface area contributed by atoms with E-state index in [1.807, 2.05) is 57.2 Å². The zero-order valence-electron chi connectivity index (χ0n) is 19.0. The molecule has 0 aliphatic rings. The second kappa shape index (κ2) is 9.10. The lowest BCUT2D eigenvalue weighted by Crippen LogP contribution is -2.21. The van der Waals surface area contributed by atoms with E-state index >= 15 is 0 Å². The van der Waals surface area contributed by atoms with Gasteiger partial charge in [-0.15, -0.1) is 13.2 Å². The van der Waals surface area contributed by atoms with Crippen molar-refractivity contribution < 1.29 is 27.8 Å². The van der Waals surface area contributed by atoms with Gasteiger partial charge in [0.25, 0.3) is 5.91 Å². The molecule has 176 valence electrons. The van der Waals surface area contributed by atoms with E-state index in [0.717, 1.165) is 17.7 Å². The molecule has 0 aromatic heterocycles. The fourth-order valence-electron chi connectivity index (χ4n) is 3.62. The van der Waals surface area contributed by atoms with E-state index < -0.39 is 23.4 Å². The molecule has 0 fully saturated rings. The molecule has 0 saturated carbocycles. The molecule has 0 aliphatic heterocycles. The number of aromatic hydroxyl groups is 1. The quantitative estimate of drug-likeness (QED) is 0.447. The molecular formula is C26H23F3N2O3. The van der Waals surface area contributed by atoms with E-state index in [4.69, 9.17) is 5.26 Å². The Labute approximate surface area is 195 Å². The molecule has 3 aromatic rings. The third kappa shape index (κ3) is 5.31. The number of anilines is 1. The monoisotopic (exact) mass is 468 g/mol. The number of hydrogen-bond acceptors (Lipinski definition) is 4. The van der Waals surface area contributed by atoms with Gasteiger partial charge in [0.1, 0.15) is 5.75 Å². The first-order chi connectivity index (χ1) is 15.8. The van der Waals surface area contributed by atoms with Crippen molar-refractivity contribution >= 4 is 11.6 Å². The van der Waals surface area contributed by atoms with Crippen LogP contribution in [-0.2, 0) is 5.41 Å². The fraction of sp³-hybridized carbons (Fsp3) is 0.231. The molecule has 0 radical (unpaired) electrons. The smallest absolute Gasteiger partial charge is 0.507 e. The summed E-state index contributed by atoms with van der Waals surface area (Å²) in [4.78, 5) is 13.3. The molecule has 0 saturated heterocycles. The molecule has 1 amide bonds. The summed E-state index contributed by atoms with van der Waals surface area (Å²) in [7, 11) is 0. The highest BCUT2D eigenvalue weighted by Crippen LogP contribution is 2.41. The predicted molar refractivity (Wildman–Crippen MR) is 123 cm³/mol. The van der Waals surface area contributed by atoms with Crippen molar-refractivity contribution in [3.05, 3.63) is 76.9 Å². The molecule has 0 atom stereocenters. The number of carbonyl (C=O) groups is 1. The number of nitrogens with zero attached hydrogens (tertiary/aromatic N) is 1. The van der Waals surface area contributed by atoms with Crippen LogP contribution in [0.25, 0.3) is 11.1 Å². The maximum atomic E-state index is 13.3. The van der Waals surface area contributed by atoms with Gasteiger partial charge in [-0.1, -0.05) is 51.1 Å². The SMILES string of the molecule is Cc1c(-c2ccccc2)cc(C(C)(C)C)c(O)c1C(=O)Nc1ccc(C#N)cc1OC(F)(F)F. The van der Waals surface area contributed by atoms with E-state index in [-0.39, 0.29) is 22.6 Å². The number of rotatable bonds is 4. The van der Waals surface area contributed by atoms with E-state index in [2.05, 4.69) is 10.1 Å². The third-order valence-corrected chi connectivity index (χ3v) is 5.26. The van der Waals surface area contributed by atoms with Crippen molar-refractivity contribution in [1.29, 1.82) is 5.26 Å². The molecular weight excluding hydrogens is 445 g/mol. The number of nitrogens with one attached hydrogen (secondary N) is 1. The Morgan fingerprint density at radius 1 is 1.06 bits per heavy atom. The number of halogens is 3. The van der Waals surface area contributed by atoms with E-state index in [9.17, 15) is 23.1 Å². The van der Waals surface area contributed by atoms with Gasteiger partial charge in [-0.2, -0.15) is 5.26 Å². The van der Waals surface area contributed by atoms with E-state index in [1.165, 1.54) is 6.07 Å². The fourth-order valence-corrected chi connectivity index (χ4v) is 3.62. The topological polar surface area (TPSA) is 82.4 Å². The second-order valence-corrected chi connectivity index (χ2v) is 8.76. The first-order valence-electron chi connectivity index (χ1n) is 10.4. The molecule has 5 nitrogen and oxygen atoms in total. The Bertz CT molecular complexity index is 1270. The summed E-state index contributed by atoms with van der Waals surface area (Å²) in [5.41, 5.74) is 1.54. The predicted octanol–water partition coefficient (Wildman–Crippen LogP) is 6.69. The largest absolute Gasteiger partial charge is 0.573 e. The Morgan fingerprint density at radius 3 is 2.26 bits per heavy atom. The summed E-state index contributed by atoms with van der Waals surface area (Å²) in [6.07, 6.45) is -5.03. The number of alkyl halides is 3. The Kier molecular flexibility index (Phi) is 6.60. The van der Waals surface area contributed by atoms with Crippen LogP contribution in [-0.4, -0.2) is 17.4 Å². The van der Waals surface area contributed by atoms with Gasteiger partial charge >= 0.3 is 6.36 Å². The minimum atomic E-state index is -5.03. The van der Waals surface area contributed by atoms with Gasteiger partial charge in [-0.25, -0.2) is 0 Å². The number of phenols is 1. The van der Waals surface area contributed by atoms with Crippen LogP contribution in [0.3, 0.4) is 0 Å². The van der Waals surface area contributed by atoms with Gasteiger partial charge in [-0.3, -0.25) is 4.79 Å². The van der Waals surface area contributed by atoms with Crippen LogP contribution >= 0.6 is 0 Å². The van der Waals surface area contributed by atoms with Gasteiger partial charge in [0.05, 0.1) is 22.9 Å². The van der Waals surface area contributed by atoms with Crippen LogP contribution in [0, 0.1) is 18.3 Å². The summed E-state index contributed by atoms with van der Waals surface area (Å²) < 4.78 is 42.8.